The monoisotopic (exact) mass is 311 g/mol. The Morgan fingerprint density at radius 1 is 1.38 bits per heavy atom. The maximum Gasteiger partial charge on any atom is 0.0587 e. The van der Waals surface area contributed by atoms with Gasteiger partial charge in [-0.05, 0) is 37.8 Å². The number of benzene rings is 1. The van der Waals surface area contributed by atoms with E-state index < -0.39 is 0 Å². The number of ether oxygens (including phenoxy) is 2. The van der Waals surface area contributed by atoms with Gasteiger partial charge in [0.15, 0.2) is 0 Å². The van der Waals surface area contributed by atoms with Gasteiger partial charge in [-0.1, -0.05) is 29.8 Å². The quantitative estimate of drug-likeness (QED) is 0.744. The smallest absolute Gasteiger partial charge is 0.0587 e. The average molecular weight is 312 g/mol. The molecule has 3 nitrogen and oxygen atoms in total. The summed E-state index contributed by atoms with van der Waals surface area (Å²) in [5, 5.41) is 4.31. The van der Waals surface area contributed by atoms with Crippen molar-refractivity contribution in [1.82, 2.24) is 5.32 Å². The van der Waals surface area contributed by atoms with E-state index in [-0.39, 0.29) is 0 Å². The number of methoxy groups -OCH3 is 1. The van der Waals surface area contributed by atoms with E-state index >= 15 is 0 Å². The van der Waals surface area contributed by atoms with Crippen LogP contribution in [0.5, 0.6) is 0 Å². The lowest BCUT2D eigenvalue weighted by Gasteiger charge is -2.23. The molecule has 1 aliphatic rings. The predicted molar refractivity (Wildman–Crippen MR) is 87.1 cm³/mol. The molecule has 1 heterocycles. The fourth-order valence-corrected chi connectivity index (χ4v) is 3.24. The zero-order valence-corrected chi connectivity index (χ0v) is 13.7. The van der Waals surface area contributed by atoms with E-state index in [0.717, 1.165) is 44.0 Å². The standard InChI is InChI=1S/C17H26ClNO2/c1-13-7-8-15(21-13)11-14(12-19-9-10-20-2)16-5-3-4-6-17(16)18/h3-6,13-15,19H,7-12H2,1-2H3. The molecule has 0 aliphatic carbocycles. The number of hydrogen-bond donors (Lipinski definition) is 1. The van der Waals surface area contributed by atoms with Crippen molar-refractivity contribution < 1.29 is 9.47 Å². The van der Waals surface area contributed by atoms with Crippen LogP contribution in [0.3, 0.4) is 0 Å². The van der Waals surface area contributed by atoms with E-state index in [0.29, 0.717) is 18.1 Å². The number of rotatable bonds is 8. The van der Waals surface area contributed by atoms with Gasteiger partial charge in [0.2, 0.25) is 0 Å². The van der Waals surface area contributed by atoms with Gasteiger partial charge in [-0.25, -0.2) is 0 Å². The first-order valence-electron chi connectivity index (χ1n) is 7.80. The third-order valence-corrected chi connectivity index (χ3v) is 4.43. The Morgan fingerprint density at radius 2 is 2.19 bits per heavy atom. The number of hydrogen-bond acceptors (Lipinski definition) is 3. The Labute approximate surface area is 133 Å². The first-order chi connectivity index (χ1) is 10.2. The van der Waals surface area contributed by atoms with E-state index in [1.165, 1.54) is 5.56 Å². The Kier molecular flexibility index (Phi) is 6.97. The van der Waals surface area contributed by atoms with Crippen molar-refractivity contribution in [2.75, 3.05) is 26.8 Å². The fraction of sp³-hybridized carbons (Fsp3) is 0.647. The zero-order valence-electron chi connectivity index (χ0n) is 13.0. The molecule has 0 spiro atoms. The van der Waals surface area contributed by atoms with Crippen LogP contribution in [-0.4, -0.2) is 39.0 Å². The van der Waals surface area contributed by atoms with Crippen LogP contribution in [0.4, 0.5) is 0 Å². The maximum atomic E-state index is 6.38. The van der Waals surface area contributed by atoms with E-state index in [1.807, 2.05) is 12.1 Å². The second kappa shape index (κ2) is 8.74. The molecule has 0 saturated carbocycles. The number of nitrogens with one attached hydrogen (secondary N) is 1. The van der Waals surface area contributed by atoms with E-state index in [2.05, 4.69) is 24.4 Å². The van der Waals surface area contributed by atoms with Gasteiger partial charge >= 0.3 is 0 Å². The molecular weight excluding hydrogens is 286 g/mol. The van der Waals surface area contributed by atoms with Crippen LogP contribution in [-0.2, 0) is 9.47 Å². The summed E-state index contributed by atoms with van der Waals surface area (Å²) in [6.45, 7) is 4.65. The van der Waals surface area contributed by atoms with Gasteiger partial charge in [0, 0.05) is 31.1 Å². The molecule has 3 unspecified atom stereocenters. The maximum absolute atomic E-state index is 6.38. The summed E-state index contributed by atoms with van der Waals surface area (Å²) in [7, 11) is 1.72. The summed E-state index contributed by atoms with van der Waals surface area (Å²) in [6, 6.07) is 8.14. The van der Waals surface area contributed by atoms with Gasteiger partial charge < -0.3 is 14.8 Å². The molecule has 0 aromatic heterocycles. The van der Waals surface area contributed by atoms with Gasteiger partial charge in [-0.2, -0.15) is 0 Å². The van der Waals surface area contributed by atoms with Crippen LogP contribution in [0, 0.1) is 0 Å². The van der Waals surface area contributed by atoms with Gasteiger partial charge in [-0.15, -0.1) is 0 Å². The van der Waals surface area contributed by atoms with Gasteiger partial charge in [0.1, 0.15) is 0 Å². The Bertz CT molecular complexity index is 427. The van der Waals surface area contributed by atoms with E-state index in [4.69, 9.17) is 21.1 Å². The zero-order chi connectivity index (χ0) is 15.1. The normalized spacial score (nSPS) is 23.4. The van der Waals surface area contributed by atoms with Gasteiger partial charge in [-0.3, -0.25) is 0 Å². The topological polar surface area (TPSA) is 30.5 Å². The highest BCUT2D eigenvalue weighted by atomic mass is 35.5. The lowest BCUT2D eigenvalue weighted by atomic mass is 9.92. The van der Waals surface area contributed by atoms with Gasteiger partial charge in [0.25, 0.3) is 0 Å². The second-order valence-electron chi connectivity index (χ2n) is 5.80. The van der Waals surface area contributed by atoms with Crippen molar-refractivity contribution in [1.29, 1.82) is 0 Å². The van der Waals surface area contributed by atoms with Crippen molar-refractivity contribution in [3.8, 4) is 0 Å². The summed E-state index contributed by atoms with van der Waals surface area (Å²) < 4.78 is 11.1. The first-order valence-corrected chi connectivity index (χ1v) is 8.18. The average Bonchev–Trinajstić information content (AvgIpc) is 2.88. The van der Waals surface area contributed by atoms with Gasteiger partial charge in [0.05, 0.1) is 18.8 Å². The van der Waals surface area contributed by atoms with Crippen LogP contribution in [0.15, 0.2) is 24.3 Å². The Balaban J connectivity index is 1.98. The van der Waals surface area contributed by atoms with Crippen molar-refractivity contribution in [3.63, 3.8) is 0 Å². The summed E-state index contributed by atoms with van der Waals surface area (Å²) in [5.74, 6) is 0.380. The minimum Gasteiger partial charge on any atom is -0.383 e. The van der Waals surface area contributed by atoms with Crippen LogP contribution >= 0.6 is 11.6 Å². The Morgan fingerprint density at radius 3 is 2.86 bits per heavy atom. The molecule has 1 aromatic rings. The van der Waals surface area contributed by atoms with Crippen LogP contribution in [0.2, 0.25) is 5.02 Å². The van der Waals surface area contributed by atoms with Crippen molar-refractivity contribution >= 4 is 11.6 Å². The number of halogens is 1. The molecule has 0 bridgehead atoms. The van der Waals surface area contributed by atoms with E-state index in [1.54, 1.807) is 7.11 Å². The Hall–Kier alpha value is -0.610. The summed E-state index contributed by atoms with van der Waals surface area (Å²) >= 11 is 6.38. The highest BCUT2D eigenvalue weighted by Crippen LogP contribution is 2.32. The SMILES string of the molecule is COCCNCC(CC1CCC(C)O1)c1ccccc1Cl. The van der Waals surface area contributed by atoms with Crippen molar-refractivity contribution in [2.45, 2.75) is 44.3 Å². The van der Waals surface area contributed by atoms with Crippen LogP contribution < -0.4 is 5.32 Å². The highest BCUT2D eigenvalue weighted by molar-refractivity contribution is 6.31. The van der Waals surface area contributed by atoms with Crippen molar-refractivity contribution in [2.24, 2.45) is 0 Å². The largest absolute Gasteiger partial charge is 0.383 e. The highest BCUT2D eigenvalue weighted by Gasteiger charge is 2.26. The molecule has 4 heteroatoms. The van der Waals surface area contributed by atoms with Crippen LogP contribution in [0.1, 0.15) is 37.7 Å². The molecule has 3 atom stereocenters. The third-order valence-electron chi connectivity index (χ3n) is 4.09. The van der Waals surface area contributed by atoms with Crippen molar-refractivity contribution in [3.05, 3.63) is 34.9 Å². The summed E-state index contributed by atoms with van der Waals surface area (Å²) in [4.78, 5) is 0. The third kappa shape index (κ3) is 5.26. The molecular formula is C17H26ClNO2. The molecule has 1 saturated heterocycles. The molecule has 1 N–H and O–H groups in total. The minimum absolute atomic E-state index is 0.352. The molecule has 2 rings (SSSR count). The summed E-state index contributed by atoms with van der Waals surface area (Å²) in [6.07, 6.45) is 4.08. The minimum atomic E-state index is 0.352. The first kappa shape index (κ1) is 16.8. The second-order valence-corrected chi connectivity index (χ2v) is 6.20. The fourth-order valence-electron chi connectivity index (χ4n) is 2.95. The lowest BCUT2D eigenvalue weighted by molar-refractivity contribution is 0.0465. The predicted octanol–water partition coefficient (Wildman–Crippen LogP) is 3.62. The molecule has 0 radical (unpaired) electrons. The molecule has 21 heavy (non-hydrogen) atoms. The molecule has 0 amide bonds. The summed E-state index contributed by atoms with van der Waals surface area (Å²) in [5.41, 5.74) is 1.22. The molecule has 1 fully saturated rings. The lowest BCUT2D eigenvalue weighted by Crippen LogP contribution is -2.27. The molecule has 1 aliphatic heterocycles. The molecule has 118 valence electrons. The van der Waals surface area contributed by atoms with E-state index in [9.17, 15) is 0 Å². The van der Waals surface area contributed by atoms with Crippen LogP contribution in [0.25, 0.3) is 0 Å². The molecule has 1 aromatic carbocycles.